The summed E-state index contributed by atoms with van der Waals surface area (Å²) >= 11 is 0. The monoisotopic (exact) mass is 274 g/mol. The van der Waals surface area contributed by atoms with E-state index >= 15 is 0 Å². The average Bonchev–Trinajstić information content (AvgIpc) is 2.39. The maximum Gasteiger partial charge on any atom is 0.314 e. The summed E-state index contributed by atoms with van der Waals surface area (Å²) in [6.07, 6.45) is 3.53. The minimum atomic E-state index is -0.673. The SMILES string of the molecule is CC1CCC(C(=O)O)(c2cccc(C(C)(C)C)c2)CC1. The van der Waals surface area contributed by atoms with Crippen LogP contribution in [0.1, 0.15) is 64.5 Å². The molecule has 1 fully saturated rings. The van der Waals surface area contributed by atoms with Gasteiger partial charge in [0.2, 0.25) is 0 Å². The van der Waals surface area contributed by atoms with E-state index in [4.69, 9.17) is 0 Å². The van der Waals surface area contributed by atoms with Crippen LogP contribution in [0.3, 0.4) is 0 Å². The lowest BCUT2D eigenvalue weighted by molar-refractivity contribution is -0.145. The second-order valence-electron chi connectivity index (χ2n) is 7.40. The number of benzene rings is 1. The summed E-state index contributed by atoms with van der Waals surface area (Å²) < 4.78 is 0. The van der Waals surface area contributed by atoms with E-state index in [0.29, 0.717) is 5.92 Å². The number of hydrogen-bond donors (Lipinski definition) is 1. The molecular weight excluding hydrogens is 248 g/mol. The molecule has 2 heteroatoms. The Balaban J connectivity index is 2.43. The van der Waals surface area contributed by atoms with Gasteiger partial charge in [0.05, 0.1) is 5.41 Å². The lowest BCUT2D eigenvalue weighted by Crippen LogP contribution is -2.39. The molecule has 1 saturated carbocycles. The largest absolute Gasteiger partial charge is 0.481 e. The summed E-state index contributed by atoms with van der Waals surface area (Å²) in [5, 5.41) is 9.82. The van der Waals surface area contributed by atoms with E-state index in [9.17, 15) is 9.90 Å². The molecule has 20 heavy (non-hydrogen) atoms. The molecule has 0 atom stereocenters. The third kappa shape index (κ3) is 2.74. The molecule has 0 bridgehead atoms. The van der Waals surface area contributed by atoms with Crippen molar-refractivity contribution in [2.75, 3.05) is 0 Å². The zero-order valence-corrected chi connectivity index (χ0v) is 13.1. The molecule has 0 unspecified atom stereocenters. The Hall–Kier alpha value is -1.31. The number of aliphatic carboxylic acids is 1. The third-order valence-corrected chi connectivity index (χ3v) is 4.82. The molecule has 1 aliphatic rings. The van der Waals surface area contributed by atoms with Gasteiger partial charge in [-0.3, -0.25) is 4.79 Å². The molecule has 1 aromatic carbocycles. The quantitative estimate of drug-likeness (QED) is 0.861. The van der Waals surface area contributed by atoms with E-state index in [0.717, 1.165) is 31.2 Å². The van der Waals surface area contributed by atoms with Crippen LogP contribution in [0.15, 0.2) is 24.3 Å². The maximum atomic E-state index is 11.9. The first-order valence-corrected chi connectivity index (χ1v) is 7.60. The summed E-state index contributed by atoms with van der Waals surface area (Å²) in [6, 6.07) is 8.23. The highest BCUT2D eigenvalue weighted by Crippen LogP contribution is 2.42. The van der Waals surface area contributed by atoms with Gasteiger partial charge in [-0.25, -0.2) is 0 Å². The maximum absolute atomic E-state index is 11.9. The van der Waals surface area contributed by atoms with E-state index in [1.165, 1.54) is 5.56 Å². The predicted molar refractivity (Wildman–Crippen MR) is 82.1 cm³/mol. The molecule has 0 amide bonds. The number of carboxylic acid groups (broad SMARTS) is 1. The van der Waals surface area contributed by atoms with E-state index < -0.39 is 11.4 Å². The first kappa shape index (κ1) is 15.1. The van der Waals surface area contributed by atoms with Gasteiger partial charge in [0.15, 0.2) is 0 Å². The molecule has 2 nitrogen and oxygen atoms in total. The molecule has 1 aliphatic carbocycles. The standard InChI is InChI=1S/C18H26O2/c1-13-8-10-18(11-9-13,16(19)20)15-7-5-6-14(12-15)17(2,3)4/h5-7,12-13H,8-11H2,1-4H3,(H,19,20). The highest BCUT2D eigenvalue weighted by atomic mass is 16.4. The van der Waals surface area contributed by atoms with Gasteiger partial charge in [0.25, 0.3) is 0 Å². The van der Waals surface area contributed by atoms with Gasteiger partial charge >= 0.3 is 5.97 Å². The van der Waals surface area contributed by atoms with Gasteiger partial charge in [-0.05, 0) is 48.1 Å². The fourth-order valence-corrected chi connectivity index (χ4v) is 3.16. The molecule has 110 valence electrons. The van der Waals surface area contributed by atoms with Crippen molar-refractivity contribution in [2.24, 2.45) is 5.92 Å². The zero-order valence-electron chi connectivity index (χ0n) is 13.1. The first-order valence-electron chi connectivity index (χ1n) is 7.60. The molecule has 1 aromatic rings. The Labute approximate surface area is 122 Å². The summed E-state index contributed by atoms with van der Waals surface area (Å²) in [7, 11) is 0. The fourth-order valence-electron chi connectivity index (χ4n) is 3.16. The minimum Gasteiger partial charge on any atom is -0.481 e. The minimum absolute atomic E-state index is 0.0532. The molecule has 0 heterocycles. The molecule has 1 N–H and O–H groups in total. The third-order valence-electron chi connectivity index (χ3n) is 4.82. The normalized spacial score (nSPS) is 27.3. The molecule has 2 rings (SSSR count). The van der Waals surface area contributed by atoms with Gasteiger partial charge in [0, 0.05) is 0 Å². The van der Waals surface area contributed by atoms with Gasteiger partial charge in [-0.1, -0.05) is 52.0 Å². The van der Waals surface area contributed by atoms with Crippen molar-refractivity contribution >= 4 is 5.97 Å². The topological polar surface area (TPSA) is 37.3 Å². The predicted octanol–water partition coefficient (Wildman–Crippen LogP) is 4.52. The fraction of sp³-hybridized carbons (Fsp3) is 0.611. The second kappa shape index (κ2) is 5.23. The van der Waals surface area contributed by atoms with Gasteiger partial charge in [0.1, 0.15) is 0 Å². The Morgan fingerprint density at radius 3 is 2.35 bits per heavy atom. The molecule has 0 aromatic heterocycles. The summed E-state index contributed by atoms with van der Waals surface area (Å²) in [5.74, 6) is -0.0104. The number of carbonyl (C=O) groups is 1. The lowest BCUT2D eigenvalue weighted by Gasteiger charge is -2.37. The van der Waals surface area contributed by atoms with Crippen LogP contribution in [0, 0.1) is 5.92 Å². The van der Waals surface area contributed by atoms with Crippen LogP contribution in [0.5, 0.6) is 0 Å². The van der Waals surface area contributed by atoms with Crippen LogP contribution < -0.4 is 0 Å². The van der Waals surface area contributed by atoms with E-state index in [2.05, 4.69) is 39.8 Å². The van der Waals surface area contributed by atoms with Crippen LogP contribution in [0.2, 0.25) is 0 Å². The van der Waals surface area contributed by atoms with Crippen molar-refractivity contribution in [2.45, 2.75) is 64.2 Å². The Morgan fingerprint density at radius 2 is 1.85 bits per heavy atom. The van der Waals surface area contributed by atoms with Crippen LogP contribution in [-0.4, -0.2) is 11.1 Å². The first-order chi connectivity index (χ1) is 9.25. The van der Waals surface area contributed by atoms with Crippen LogP contribution in [0.4, 0.5) is 0 Å². The number of carboxylic acids is 1. The zero-order chi connectivity index (χ0) is 15.0. The van der Waals surface area contributed by atoms with Crippen LogP contribution >= 0.6 is 0 Å². The molecule has 0 radical (unpaired) electrons. The van der Waals surface area contributed by atoms with E-state index in [1.54, 1.807) is 0 Å². The van der Waals surface area contributed by atoms with Crippen molar-refractivity contribution in [3.8, 4) is 0 Å². The Kier molecular flexibility index (Phi) is 3.95. The average molecular weight is 274 g/mol. The van der Waals surface area contributed by atoms with Crippen molar-refractivity contribution in [1.82, 2.24) is 0 Å². The van der Waals surface area contributed by atoms with Crippen molar-refractivity contribution < 1.29 is 9.90 Å². The highest BCUT2D eigenvalue weighted by molar-refractivity contribution is 5.81. The van der Waals surface area contributed by atoms with E-state index in [-0.39, 0.29) is 5.41 Å². The van der Waals surface area contributed by atoms with Crippen molar-refractivity contribution in [1.29, 1.82) is 0 Å². The summed E-state index contributed by atoms with van der Waals surface area (Å²) in [6.45, 7) is 8.73. The molecular formula is C18H26O2. The van der Waals surface area contributed by atoms with Crippen LogP contribution in [-0.2, 0) is 15.6 Å². The number of rotatable bonds is 2. The smallest absolute Gasteiger partial charge is 0.314 e. The number of hydrogen-bond acceptors (Lipinski definition) is 1. The van der Waals surface area contributed by atoms with E-state index in [1.807, 2.05) is 12.1 Å². The Bertz CT molecular complexity index is 488. The summed E-state index contributed by atoms with van der Waals surface area (Å²) in [5.41, 5.74) is 1.59. The van der Waals surface area contributed by atoms with Crippen LogP contribution in [0.25, 0.3) is 0 Å². The van der Waals surface area contributed by atoms with Gasteiger partial charge < -0.3 is 5.11 Å². The van der Waals surface area contributed by atoms with Crippen molar-refractivity contribution in [3.63, 3.8) is 0 Å². The molecule has 0 spiro atoms. The summed E-state index contributed by atoms with van der Waals surface area (Å²) in [4.78, 5) is 11.9. The molecule has 0 saturated heterocycles. The van der Waals surface area contributed by atoms with Gasteiger partial charge in [-0.2, -0.15) is 0 Å². The van der Waals surface area contributed by atoms with Crippen molar-refractivity contribution in [3.05, 3.63) is 35.4 Å². The lowest BCUT2D eigenvalue weighted by atomic mass is 9.66. The second-order valence-corrected chi connectivity index (χ2v) is 7.40. The highest BCUT2D eigenvalue weighted by Gasteiger charge is 2.42. The Morgan fingerprint density at radius 1 is 1.25 bits per heavy atom. The molecule has 0 aliphatic heterocycles. The van der Waals surface area contributed by atoms with Gasteiger partial charge in [-0.15, -0.1) is 0 Å².